The van der Waals surface area contributed by atoms with Crippen molar-refractivity contribution in [3.8, 4) is 0 Å². The third-order valence-electron chi connectivity index (χ3n) is 1.99. The topological polar surface area (TPSA) is 63.2 Å². The van der Waals surface area contributed by atoms with Crippen LogP contribution in [-0.4, -0.2) is 20.1 Å². The summed E-state index contributed by atoms with van der Waals surface area (Å²) in [7, 11) is -3.62. The maximum Gasteiger partial charge on any atom is 0.265 e. The highest BCUT2D eigenvalue weighted by Gasteiger charge is 2.24. The van der Waals surface area contributed by atoms with Crippen LogP contribution in [0.3, 0.4) is 0 Å². The monoisotopic (exact) mass is 333 g/mol. The molecule has 0 heterocycles. The molecule has 0 aliphatic rings. The first-order valence-electron chi connectivity index (χ1n) is 5.40. The Kier molecular flexibility index (Phi) is 4.55. The molecule has 1 aromatic carbocycles. The maximum atomic E-state index is 11.8. The average molecular weight is 334 g/mol. The lowest BCUT2D eigenvalue weighted by Crippen LogP contribution is -2.36. The molecule has 0 spiro atoms. The van der Waals surface area contributed by atoms with Crippen LogP contribution in [0, 0.1) is 5.41 Å². The Labute approximate surface area is 116 Å². The van der Waals surface area contributed by atoms with Crippen LogP contribution < -0.4 is 4.72 Å². The van der Waals surface area contributed by atoms with E-state index in [2.05, 4.69) is 20.7 Å². The lowest BCUT2D eigenvalue weighted by atomic mass is 10.0. The second-order valence-electron chi connectivity index (χ2n) is 5.23. The number of sulfonamides is 1. The second-order valence-corrected chi connectivity index (χ2v) is 7.81. The van der Waals surface area contributed by atoms with E-state index in [1.54, 1.807) is 45.0 Å². The van der Waals surface area contributed by atoms with Gasteiger partial charge in [-0.15, -0.1) is 0 Å². The minimum Gasteiger partial charge on any atom is -0.268 e. The van der Waals surface area contributed by atoms with Gasteiger partial charge >= 0.3 is 0 Å². The highest BCUT2D eigenvalue weighted by molar-refractivity contribution is 9.10. The van der Waals surface area contributed by atoms with E-state index < -0.39 is 21.3 Å². The molecule has 0 saturated heterocycles. The van der Waals surface area contributed by atoms with Crippen molar-refractivity contribution >= 4 is 31.9 Å². The van der Waals surface area contributed by atoms with Crippen molar-refractivity contribution < 1.29 is 13.2 Å². The van der Waals surface area contributed by atoms with Crippen LogP contribution in [0.5, 0.6) is 0 Å². The Morgan fingerprint density at radius 3 is 2.33 bits per heavy atom. The minimum absolute atomic E-state index is 0.101. The summed E-state index contributed by atoms with van der Waals surface area (Å²) < 4.78 is 26.2. The SMILES string of the molecule is CC(C)(C)CS(=O)(=O)NC(=O)c1ccccc1Br. The van der Waals surface area contributed by atoms with E-state index in [-0.39, 0.29) is 5.75 Å². The van der Waals surface area contributed by atoms with Crippen LogP contribution in [0.4, 0.5) is 0 Å². The zero-order chi connectivity index (χ0) is 14.0. The Hall–Kier alpha value is -0.880. The normalized spacial score (nSPS) is 12.2. The van der Waals surface area contributed by atoms with Crippen molar-refractivity contribution in [2.75, 3.05) is 5.75 Å². The summed E-state index contributed by atoms with van der Waals surface area (Å²) in [6, 6.07) is 6.68. The molecule has 0 aliphatic heterocycles. The lowest BCUT2D eigenvalue weighted by molar-refractivity contribution is 0.0980. The number of hydrogen-bond donors (Lipinski definition) is 1. The van der Waals surface area contributed by atoms with Crippen LogP contribution in [0.15, 0.2) is 28.7 Å². The predicted molar refractivity (Wildman–Crippen MR) is 74.9 cm³/mol. The van der Waals surface area contributed by atoms with Gasteiger partial charge in [0.05, 0.1) is 11.3 Å². The van der Waals surface area contributed by atoms with Gasteiger partial charge in [-0.3, -0.25) is 4.79 Å². The molecular weight excluding hydrogens is 318 g/mol. The van der Waals surface area contributed by atoms with E-state index >= 15 is 0 Å². The molecule has 0 fully saturated rings. The van der Waals surface area contributed by atoms with E-state index in [0.29, 0.717) is 10.0 Å². The molecule has 1 rings (SSSR count). The summed E-state index contributed by atoms with van der Waals surface area (Å²) in [5.41, 5.74) is -0.102. The first kappa shape index (κ1) is 15.2. The Bertz CT molecular complexity index is 547. The van der Waals surface area contributed by atoms with E-state index in [1.165, 1.54) is 0 Å². The number of halogens is 1. The number of amides is 1. The molecule has 4 nitrogen and oxygen atoms in total. The number of nitrogens with one attached hydrogen (secondary N) is 1. The maximum absolute atomic E-state index is 11.8. The number of carbonyl (C=O) groups excluding carboxylic acids is 1. The summed E-state index contributed by atoms with van der Waals surface area (Å²) in [5.74, 6) is -0.720. The van der Waals surface area contributed by atoms with Crippen molar-refractivity contribution in [3.63, 3.8) is 0 Å². The molecule has 1 N–H and O–H groups in total. The number of hydrogen-bond acceptors (Lipinski definition) is 3. The molecule has 1 aromatic rings. The molecule has 100 valence electrons. The molecule has 0 radical (unpaired) electrons. The minimum atomic E-state index is -3.62. The Morgan fingerprint density at radius 2 is 1.83 bits per heavy atom. The van der Waals surface area contributed by atoms with Gasteiger partial charge in [-0.25, -0.2) is 13.1 Å². The zero-order valence-electron chi connectivity index (χ0n) is 10.5. The number of carbonyl (C=O) groups is 1. The summed E-state index contributed by atoms with van der Waals surface area (Å²) >= 11 is 3.21. The molecule has 0 aliphatic carbocycles. The summed E-state index contributed by atoms with van der Waals surface area (Å²) in [6.45, 7) is 5.40. The third-order valence-corrected chi connectivity index (χ3v) is 4.42. The fraction of sp³-hybridized carbons (Fsp3) is 0.417. The summed E-state index contributed by atoms with van der Waals surface area (Å²) in [5, 5.41) is 0. The lowest BCUT2D eigenvalue weighted by Gasteiger charge is -2.18. The highest BCUT2D eigenvalue weighted by atomic mass is 79.9. The van der Waals surface area contributed by atoms with Crippen molar-refractivity contribution in [2.24, 2.45) is 5.41 Å². The molecule has 0 bridgehead atoms. The Morgan fingerprint density at radius 1 is 1.28 bits per heavy atom. The second kappa shape index (κ2) is 5.40. The van der Waals surface area contributed by atoms with Gasteiger partial charge in [-0.05, 0) is 33.5 Å². The molecule has 18 heavy (non-hydrogen) atoms. The van der Waals surface area contributed by atoms with Gasteiger partial charge in [0, 0.05) is 4.47 Å². The molecule has 0 saturated carbocycles. The van der Waals surface area contributed by atoms with Crippen molar-refractivity contribution in [1.82, 2.24) is 4.72 Å². The van der Waals surface area contributed by atoms with Crippen molar-refractivity contribution in [1.29, 1.82) is 0 Å². The van der Waals surface area contributed by atoms with Gasteiger partial charge in [0.1, 0.15) is 0 Å². The van der Waals surface area contributed by atoms with Gasteiger partial charge in [-0.1, -0.05) is 32.9 Å². The van der Waals surface area contributed by atoms with Gasteiger partial charge < -0.3 is 0 Å². The molecule has 6 heteroatoms. The third kappa shape index (κ3) is 4.78. The van der Waals surface area contributed by atoms with E-state index in [0.717, 1.165) is 0 Å². The average Bonchev–Trinajstić information content (AvgIpc) is 2.12. The summed E-state index contributed by atoms with van der Waals surface area (Å²) in [4.78, 5) is 11.8. The number of benzene rings is 1. The zero-order valence-corrected chi connectivity index (χ0v) is 12.9. The first-order chi connectivity index (χ1) is 8.11. The van der Waals surface area contributed by atoms with Crippen molar-refractivity contribution in [3.05, 3.63) is 34.3 Å². The smallest absolute Gasteiger partial charge is 0.265 e. The molecule has 0 aromatic heterocycles. The summed E-state index contributed by atoms with van der Waals surface area (Å²) in [6.07, 6.45) is 0. The van der Waals surface area contributed by atoms with Gasteiger partial charge in [0.15, 0.2) is 0 Å². The van der Waals surface area contributed by atoms with E-state index in [9.17, 15) is 13.2 Å². The van der Waals surface area contributed by atoms with Crippen LogP contribution in [0.2, 0.25) is 0 Å². The first-order valence-corrected chi connectivity index (χ1v) is 7.85. The van der Waals surface area contributed by atoms with E-state index in [4.69, 9.17) is 0 Å². The van der Waals surface area contributed by atoms with Gasteiger partial charge in [0.25, 0.3) is 5.91 Å². The van der Waals surface area contributed by atoms with Crippen LogP contribution in [0.25, 0.3) is 0 Å². The van der Waals surface area contributed by atoms with Crippen LogP contribution in [0.1, 0.15) is 31.1 Å². The standard InChI is InChI=1S/C12H16BrNO3S/c1-12(2,3)8-18(16,17)14-11(15)9-6-4-5-7-10(9)13/h4-7H,8H2,1-3H3,(H,14,15). The predicted octanol–water partition coefficient (Wildman–Crippen LogP) is 2.55. The van der Waals surface area contributed by atoms with E-state index in [1.807, 2.05) is 0 Å². The van der Waals surface area contributed by atoms with Crippen LogP contribution in [-0.2, 0) is 10.0 Å². The quantitative estimate of drug-likeness (QED) is 0.924. The molecule has 0 unspecified atom stereocenters. The van der Waals surface area contributed by atoms with Gasteiger partial charge in [-0.2, -0.15) is 0 Å². The Balaban J connectivity index is 2.87. The molecular formula is C12H16BrNO3S. The largest absolute Gasteiger partial charge is 0.268 e. The highest BCUT2D eigenvalue weighted by Crippen LogP contribution is 2.18. The fourth-order valence-electron chi connectivity index (χ4n) is 1.45. The van der Waals surface area contributed by atoms with Crippen molar-refractivity contribution in [2.45, 2.75) is 20.8 Å². The fourth-order valence-corrected chi connectivity index (χ4v) is 3.52. The molecule has 1 amide bonds. The molecule has 0 atom stereocenters. The van der Waals surface area contributed by atoms with Crippen LogP contribution >= 0.6 is 15.9 Å². The van der Waals surface area contributed by atoms with Gasteiger partial charge in [0.2, 0.25) is 10.0 Å². The number of rotatable bonds is 3.